The van der Waals surface area contributed by atoms with E-state index in [0.717, 1.165) is 26.2 Å². The third-order valence-corrected chi connectivity index (χ3v) is 3.48. The molecule has 0 N–H and O–H groups in total. The molecular weight excluding hydrogens is 198 g/mol. The van der Waals surface area contributed by atoms with Crippen LogP contribution in [-0.4, -0.2) is 50.4 Å². The summed E-state index contributed by atoms with van der Waals surface area (Å²) in [5.74, 6) is 0. The van der Waals surface area contributed by atoms with Gasteiger partial charge in [0.2, 0.25) is 0 Å². The lowest BCUT2D eigenvalue weighted by Crippen LogP contribution is -2.53. The Morgan fingerprint density at radius 1 is 1.25 bits per heavy atom. The van der Waals surface area contributed by atoms with Gasteiger partial charge in [-0.3, -0.25) is 4.99 Å². The van der Waals surface area contributed by atoms with Crippen molar-refractivity contribution in [1.82, 2.24) is 4.90 Å². The van der Waals surface area contributed by atoms with E-state index in [2.05, 4.69) is 46.1 Å². The van der Waals surface area contributed by atoms with E-state index in [9.17, 15) is 0 Å². The van der Waals surface area contributed by atoms with Crippen molar-refractivity contribution < 1.29 is 0 Å². The number of piperazine rings is 1. The van der Waals surface area contributed by atoms with Gasteiger partial charge in [0.1, 0.15) is 0 Å². The van der Waals surface area contributed by atoms with Crippen LogP contribution in [-0.2, 0) is 0 Å². The summed E-state index contributed by atoms with van der Waals surface area (Å²) in [4.78, 5) is 9.45. The van der Waals surface area contributed by atoms with E-state index in [4.69, 9.17) is 0 Å². The summed E-state index contributed by atoms with van der Waals surface area (Å²) in [5, 5.41) is 0. The first kappa shape index (κ1) is 9.85. The molecule has 1 saturated heterocycles. The normalized spacial score (nSPS) is 24.8. The summed E-state index contributed by atoms with van der Waals surface area (Å²) in [7, 11) is 2.19. The summed E-state index contributed by atoms with van der Waals surface area (Å²) >= 11 is 0. The number of rotatable bonds is 0. The Hall–Kier alpha value is -1.35. The third-order valence-electron chi connectivity index (χ3n) is 3.48. The van der Waals surface area contributed by atoms with E-state index in [1.807, 2.05) is 6.21 Å². The summed E-state index contributed by atoms with van der Waals surface area (Å²) in [6, 6.07) is 9.11. The Kier molecular flexibility index (Phi) is 2.40. The zero-order valence-electron chi connectivity index (χ0n) is 9.63. The second kappa shape index (κ2) is 3.91. The molecule has 0 aromatic heterocycles. The number of fused-ring (bicyclic) bond motifs is 3. The van der Waals surface area contributed by atoms with Crippen LogP contribution in [0.2, 0.25) is 0 Å². The van der Waals surface area contributed by atoms with Gasteiger partial charge < -0.3 is 9.80 Å². The Morgan fingerprint density at radius 3 is 3.06 bits per heavy atom. The fourth-order valence-electron chi connectivity index (χ4n) is 2.62. The largest absolute Gasteiger partial charge is 0.364 e. The SMILES string of the molecule is CN1CCN2c3ccccc3C=NC[C@H]2C1. The highest BCUT2D eigenvalue weighted by molar-refractivity contribution is 5.89. The molecule has 1 fully saturated rings. The van der Waals surface area contributed by atoms with E-state index in [-0.39, 0.29) is 0 Å². The summed E-state index contributed by atoms with van der Waals surface area (Å²) in [6.07, 6.45) is 2.02. The van der Waals surface area contributed by atoms with E-state index in [1.165, 1.54) is 11.3 Å². The lowest BCUT2D eigenvalue weighted by atomic mass is 10.1. The average Bonchev–Trinajstić information content (AvgIpc) is 2.47. The average molecular weight is 215 g/mol. The van der Waals surface area contributed by atoms with Gasteiger partial charge in [-0.2, -0.15) is 0 Å². The van der Waals surface area contributed by atoms with Crippen LogP contribution in [0.5, 0.6) is 0 Å². The molecule has 2 aliphatic heterocycles. The predicted molar refractivity (Wildman–Crippen MR) is 67.5 cm³/mol. The van der Waals surface area contributed by atoms with Crippen molar-refractivity contribution in [2.75, 3.05) is 38.1 Å². The van der Waals surface area contributed by atoms with Crippen LogP contribution in [0.4, 0.5) is 5.69 Å². The van der Waals surface area contributed by atoms with Crippen molar-refractivity contribution in [3.63, 3.8) is 0 Å². The molecule has 0 unspecified atom stereocenters. The van der Waals surface area contributed by atoms with Crippen LogP contribution in [0.25, 0.3) is 0 Å². The Bertz CT molecular complexity index is 413. The van der Waals surface area contributed by atoms with Crippen molar-refractivity contribution in [3.05, 3.63) is 29.8 Å². The van der Waals surface area contributed by atoms with Crippen LogP contribution in [0.3, 0.4) is 0 Å². The number of aliphatic imine (C=N–C) groups is 1. The zero-order valence-corrected chi connectivity index (χ0v) is 9.63. The zero-order chi connectivity index (χ0) is 11.0. The fourth-order valence-corrected chi connectivity index (χ4v) is 2.62. The highest BCUT2D eigenvalue weighted by atomic mass is 15.3. The van der Waals surface area contributed by atoms with E-state index < -0.39 is 0 Å². The smallest absolute Gasteiger partial charge is 0.0612 e. The van der Waals surface area contributed by atoms with Crippen LogP contribution < -0.4 is 4.90 Å². The third kappa shape index (κ3) is 1.61. The number of likely N-dealkylation sites (N-methyl/N-ethyl adjacent to an activating group) is 1. The van der Waals surface area contributed by atoms with Crippen LogP contribution in [0.15, 0.2) is 29.3 Å². The van der Waals surface area contributed by atoms with Gasteiger partial charge in [0.15, 0.2) is 0 Å². The van der Waals surface area contributed by atoms with Gasteiger partial charge in [0.25, 0.3) is 0 Å². The van der Waals surface area contributed by atoms with Gasteiger partial charge in [-0.25, -0.2) is 0 Å². The van der Waals surface area contributed by atoms with Gasteiger partial charge in [-0.15, -0.1) is 0 Å². The minimum absolute atomic E-state index is 0.540. The lowest BCUT2D eigenvalue weighted by molar-refractivity contribution is 0.270. The predicted octanol–water partition coefficient (Wildman–Crippen LogP) is 1.24. The standard InChI is InChI=1S/C13H17N3/c1-15-6-7-16-12(10-15)9-14-8-11-4-2-3-5-13(11)16/h2-5,8,12H,6-7,9-10H2,1H3/t12-/m0/s1. The molecular formula is C13H17N3. The maximum atomic E-state index is 4.54. The van der Waals surface area contributed by atoms with Crippen LogP contribution >= 0.6 is 0 Å². The molecule has 1 aromatic rings. The quantitative estimate of drug-likeness (QED) is 0.648. The van der Waals surface area contributed by atoms with E-state index >= 15 is 0 Å². The van der Waals surface area contributed by atoms with Crippen LogP contribution in [0.1, 0.15) is 5.56 Å². The number of nitrogens with zero attached hydrogens (tertiary/aromatic N) is 3. The van der Waals surface area contributed by atoms with Crippen molar-refractivity contribution >= 4 is 11.9 Å². The molecule has 0 spiro atoms. The molecule has 3 nitrogen and oxygen atoms in total. The molecule has 2 heterocycles. The first-order valence-electron chi connectivity index (χ1n) is 5.88. The first-order chi connectivity index (χ1) is 7.84. The minimum atomic E-state index is 0.540. The number of anilines is 1. The maximum Gasteiger partial charge on any atom is 0.0612 e. The van der Waals surface area contributed by atoms with Gasteiger partial charge in [-0.1, -0.05) is 18.2 Å². The van der Waals surface area contributed by atoms with Gasteiger partial charge in [-0.05, 0) is 13.1 Å². The number of benzene rings is 1. The Balaban J connectivity index is 1.99. The first-order valence-corrected chi connectivity index (χ1v) is 5.88. The minimum Gasteiger partial charge on any atom is -0.364 e. The lowest BCUT2D eigenvalue weighted by Gasteiger charge is -2.40. The topological polar surface area (TPSA) is 18.8 Å². The molecule has 2 aliphatic rings. The molecule has 1 aromatic carbocycles. The molecule has 0 aliphatic carbocycles. The van der Waals surface area contributed by atoms with Crippen molar-refractivity contribution in [2.24, 2.45) is 4.99 Å². The Labute approximate surface area is 96.4 Å². The second-order valence-corrected chi connectivity index (χ2v) is 4.66. The van der Waals surface area contributed by atoms with Crippen molar-refractivity contribution in [3.8, 4) is 0 Å². The maximum absolute atomic E-state index is 4.54. The number of hydrogen-bond acceptors (Lipinski definition) is 3. The molecule has 0 radical (unpaired) electrons. The van der Waals surface area contributed by atoms with Gasteiger partial charge in [0.05, 0.1) is 12.6 Å². The molecule has 3 rings (SSSR count). The second-order valence-electron chi connectivity index (χ2n) is 4.66. The Morgan fingerprint density at radius 2 is 2.12 bits per heavy atom. The molecule has 16 heavy (non-hydrogen) atoms. The van der Waals surface area contributed by atoms with Crippen molar-refractivity contribution in [2.45, 2.75) is 6.04 Å². The molecule has 3 heteroatoms. The highest BCUT2D eigenvalue weighted by Gasteiger charge is 2.27. The monoisotopic (exact) mass is 215 g/mol. The summed E-state index contributed by atoms with van der Waals surface area (Å²) in [5.41, 5.74) is 2.61. The molecule has 1 atom stereocenters. The van der Waals surface area contributed by atoms with Gasteiger partial charge in [0, 0.05) is 37.1 Å². The van der Waals surface area contributed by atoms with Crippen LogP contribution in [0, 0.1) is 0 Å². The fraction of sp³-hybridized carbons (Fsp3) is 0.462. The molecule has 0 amide bonds. The molecule has 0 bridgehead atoms. The van der Waals surface area contributed by atoms with E-state index in [0.29, 0.717) is 6.04 Å². The highest BCUT2D eigenvalue weighted by Crippen LogP contribution is 2.25. The molecule has 0 saturated carbocycles. The summed E-state index contributed by atoms with van der Waals surface area (Å²) in [6.45, 7) is 4.29. The summed E-state index contributed by atoms with van der Waals surface area (Å²) < 4.78 is 0. The van der Waals surface area contributed by atoms with E-state index in [1.54, 1.807) is 0 Å². The molecule has 84 valence electrons. The van der Waals surface area contributed by atoms with Gasteiger partial charge >= 0.3 is 0 Å². The number of para-hydroxylation sites is 1. The number of hydrogen-bond donors (Lipinski definition) is 0. The van der Waals surface area contributed by atoms with Crippen molar-refractivity contribution in [1.29, 1.82) is 0 Å².